The number of halogens is 4. The number of fused-ring (bicyclic) bond motifs is 1. The Morgan fingerprint density at radius 2 is 1.91 bits per heavy atom. The van der Waals surface area contributed by atoms with Gasteiger partial charge in [0.15, 0.2) is 17.2 Å². The van der Waals surface area contributed by atoms with Gasteiger partial charge in [-0.05, 0) is 43.9 Å². The maximum atomic E-state index is 14.2. The van der Waals surface area contributed by atoms with Crippen LogP contribution in [0.4, 0.5) is 23.2 Å². The molecule has 0 spiro atoms. The second-order valence-electron chi connectivity index (χ2n) is 7.86. The van der Waals surface area contributed by atoms with Crippen molar-refractivity contribution in [3.05, 3.63) is 59.8 Å². The Morgan fingerprint density at radius 1 is 1.18 bits per heavy atom. The summed E-state index contributed by atoms with van der Waals surface area (Å²) in [5.41, 5.74) is -2.26. The van der Waals surface area contributed by atoms with E-state index >= 15 is 0 Å². The minimum atomic E-state index is -5.01. The lowest BCUT2D eigenvalue weighted by Gasteiger charge is -2.31. The van der Waals surface area contributed by atoms with Crippen molar-refractivity contribution in [3.63, 3.8) is 0 Å². The molecule has 176 valence electrons. The fourth-order valence-electron chi connectivity index (χ4n) is 3.82. The standard InChI is InChI=1S/C24H25F4N3O2/c1-4-7-16(17-8-5-9-19(25)22(17)33-3)12-23(32,24(26,27)28)14-30-20-10-6-11-21-18(20)13-29-15(2)31-21/h5-6,8-11,13-14,16,32H,4,7,12H2,1-3H3/b30-14-. The van der Waals surface area contributed by atoms with Crippen LogP contribution >= 0.6 is 0 Å². The van der Waals surface area contributed by atoms with Crippen molar-refractivity contribution < 1.29 is 27.4 Å². The average Bonchev–Trinajstić information content (AvgIpc) is 2.76. The smallest absolute Gasteiger partial charge is 0.422 e. The predicted octanol–water partition coefficient (Wildman–Crippen LogP) is 6.06. The lowest BCUT2D eigenvalue weighted by atomic mass is 9.82. The molecule has 0 saturated heterocycles. The van der Waals surface area contributed by atoms with Gasteiger partial charge in [0.05, 0.1) is 18.3 Å². The van der Waals surface area contributed by atoms with Crippen LogP contribution in [-0.4, -0.2) is 40.2 Å². The predicted molar refractivity (Wildman–Crippen MR) is 119 cm³/mol. The molecule has 0 aliphatic heterocycles. The lowest BCUT2D eigenvalue weighted by Crippen LogP contribution is -2.47. The first kappa shape index (κ1) is 24.6. The summed E-state index contributed by atoms with van der Waals surface area (Å²) in [7, 11) is 1.26. The minimum Gasteiger partial charge on any atom is -0.493 e. The Labute approximate surface area is 189 Å². The Bertz CT molecular complexity index is 1150. The van der Waals surface area contributed by atoms with Gasteiger partial charge in [0.2, 0.25) is 0 Å². The average molecular weight is 463 g/mol. The number of nitrogens with zero attached hydrogens (tertiary/aromatic N) is 3. The number of hydrogen-bond donors (Lipinski definition) is 1. The molecule has 0 saturated carbocycles. The zero-order valence-electron chi connectivity index (χ0n) is 18.5. The molecule has 3 aromatic rings. The highest BCUT2D eigenvalue weighted by Gasteiger charge is 2.54. The van der Waals surface area contributed by atoms with Gasteiger partial charge in [-0.1, -0.05) is 31.5 Å². The number of para-hydroxylation sites is 1. The van der Waals surface area contributed by atoms with E-state index in [0.29, 0.717) is 29.4 Å². The maximum Gasteiger partial charge on any atom is 0.422 e. The zero-order valence-corrected chi connectivity index (χ0v) is 18.5. The highest BCUT2D eigenvalue weighted by molar-refractivity contribution is 5.91. The van der Waals surface area contributed by atoms with Crippen LogP contribution in [0.1, 0.15) is 43.5 Å². The van der Waals surface area contributed by atoms with Crippen molar-refractivity contribution in [2.45, 2.75) is 50.8 Å². The van der Waals surface area contributed by atoms with Crippen LogP contribution in [0.15, 0.2) is 47.6 Å². The van der Waals surface area contributed by atoms with Crippen molar-refractivity contribution in [3.8, 4) is 5.75 Å². The molecule has 0 fully saturated rings. The largest absolute Gasteiger partial charge is 0.493 e. The first-order valence-corrected chi connectivity index (χ1v) is 10.5. The molecule has 1 N–H and O–H groups in total. The number of rotatable bonds is 8. The van der Waals surface area contributed by atoms with Crippen LogP contribution in [0.25, 0.3) is 10.9 Å². The SMILES string of the molecule is CCCC(CC(O)(/C=N\c1cccc2nc(C)ncc12)C(F)(F)F)c1cccc(F)c1OC. The third-order valence-electron chi connectivity index (χ3n) is 5.47. The van der Waals surface area contributed by atoms with Crippen LogP contribution in [-0.2, 0) is 0 Å². The lowest BCUT2D eigenvalue weighted by molar-refractivity contribution is -0.232. The Hall–Kier alpha value is -3.07. The quantitative estimate of drug-likeness (QED) is 0.326. The zero-order chi connectivity index (χ0) is 24.2. The number of benzene rings is 2. The van der Waals surface area contributed by atoms with E-state index in [0.717, 1.165) is 0 Å². The molecule has 1 heterocycles. The molecule has 0 amide bonds. The van der Waals surface area contributed by atoms with Gasteiger partial charge in [0, 0.05) is 23.4 Å². The highest BCUT2D eigenvalue weighted by atomic mass is 19.4. The summed E-state index contributed by atoms with van der Waals surface area (Å²) in [6.45, 7) is 3.50. The number of aliphatic hydroxyl groups is 1. The van der Waals surface area contributed by atoms with E-state index in [1.54, 1.807) is 26.0 Å². The van der Waals surface area contributed by atoms with Crippen LogP contribution < -0.4 is 4.74 Å². The van der Waals surface area contributed by atoms with E-state index in [-0.39, 0.29) is 23.4 Å². The second kappa shape index (κ2) is 9.82. The van der Waals surface area contributed by atoms with E-state index in [2.05, 4.69) is 15.0 Å². The van der Waals surface area contributed by atoms with Crippen LogP contribution in [0.2, 0.25) is 0 Å². The molecule has 2 unspecified atom stereocenters. The Balaban J connectivity index is 2.03. The van der Waals surface area contributed by atoms with E-state index in [1.807, 2.05) is 0 Å². The summed E-state index contributed by atoms with van der Waals surface area (Å²) < 4.78 is 61.6. The van der Waals surface area contributed by atoms with Crippen molar-refractivity contribution in [1.82, 2.24) is 9.97 Å². The fourth-order valence-corrected chi connectivity index (χ4v) is 3.82. The van der Waals surface area contributed by atoms with Crippen molar-refractivity contribution in [1.29, 1.82) is 0 Å². The van der Waals surface area contributed by atoms with Gasteiger partial charge < -0.3 is 9.84 Å². The summed E-state index contributed by atoms with van der Waals surface area (Å²) in [6, 6.07) is 8.94. The number of hydrogen-bond acceptors (Lipinski definition) is 5. The number of aliphatic imine (C=N–C) groups is 1. The van der Waals surface area contributed by atoms with Gasteiger partial charge in [0.1, 0.15) is 5.82 Å². The fraction of sp³-hybridized carbons (Fsp3) is 0.375. The Morgan fingerprint density at radius 3 is 2.58 bits per heavy atom. The second-order valence-corrected chi connectivity index (χ2v) is 7.86. The molecule has 33 heavy (non-hydrogen) atoms. The number of methoxy groups -OCH3 is 1. The van der Waals surface area contributed by atoms with E-state index < -0.39 is 29.9 Å². The van der Waals surface area contributed by atoms with E-state index in [1.165, 1.54) is 37.6 Å². The summed E-state index contributed by atoms with van der Waals surface area (Å²) in [5.74, 6) is -1.11. The monoisotopic (exact) mass is 463 g/mol. The number of alkyl halides is 3. The molecular formula is C24H25F4N3O2. The summed E-state index contributed by atoms with van der Waals surface area (Å²) in [4.78, 5) is 12.3. The summed E-state index contributed by atoms with van der Waals surface area (Å²) >= 11 is 0. The minimum absolute atomic E-state index is 0.126. The van der Waals surface area contributed by atoms with Gasteiger partial charge in [0.25, 0.3) is 0 Å². The van der Waals surface area contributed by atoms with E-state index in [4.69, 9.17) is 4.74 Å². The van der Waals surface area contributed by atoms with Gasteiger partial charge in [-0.25, -0.2) is 14.4 Å². The third-order valence-corrected chi connectivity index (χ3v) is 5.47. The number of aromatic nitrogens is 2. The first-order chi connectivity index (χ1) is 15.6. The Kier molecular flexibility index (Phi) is 7.31. The third kappa shape index (κ3) is 5.30. The molecule has 3 rings (SSSR count). The van der Waals surface area contributed by atoms with Crippen molar-refractivity contribution in [2.75, 3.05) is 7.11 Å². The van der Waals surface area contributed by atoms with E-state index in [9.17, 15) is 22.7 Å². The summed E-state index contributed by atoms with van der Waals surface area (Å²) in [5, 5.41) is 11.2. The molecule has 2 atom stereocenters. The maximum absolute atomic E-state index is 14.2. The molecule has 5 nitrogen and oxygen atoms in total. The van der Waals surface area contributed by atoms with Gasteiger partial charge in [-0.3, -0.25) is 4.99 Å². The number of aryl methyl sites for hydroxylation is 1. The van der Waals surface area contributed by atoms with Gasteiger partial charge in [-0.15, -0.1) is 0 Å². The van der Waals surface area contributed by atoms with Crippen LogP contribution in [0.3, 0.4) is 0 Å². The molecule has 0 radical (unpaired) electrons. The summed E-state index contributed by atoms with van der Waals surface area (Å²) in [6.07, 6.45) is -2.96. The van der Waals surface area contributed by atoms with Crippen LogP contribution in [0.5, 0.6) is 5.75 Å². The molecule has 1 aromatic heterocycles. The van der Waals surface area contributed by atoms with Crippen molar-refractivity contribution >= 4 is 22.8 Å². The first-order valence-electron chi connectivity index (χ1n) is 10.5. The molecule has 9 heteroatoms. The molecule has 2 aromatic carbocycles. The normalized spacial score (nSPS) is 15.0. The molecule has 0 bridgehead atoms. The topological polar surface area (TPSA) is 67.6 Å². The molecule has 0 aliphatic rings. The van der Waals surface area contributed by atoms with Crippen molar-refractivity contribution in [2.24, 2.45) is 4.99 Å². The van der Waals surface area contributed by atoms with Gasteiger partial charge in [-0.2, -0.15) is 13.2 Å². The van der Waals surface area contributed by atoms with Gasteiger partial charge >= 0.3 is 6.18 Å². The number of ether oxygens (including phenoxy) is 1. The molecule has 0 aliphatic carbocycles. The van der Waals surface area contributed by atoms with Crippen LogP contribution in [0, 0.1) is 12.7 Å². The molecular weight excluding hydrogens is 438 g/mol. The highest BCUT2D eigenvalue weighted by Crippen LogP contribution is 2.42.